The zero-order valence-electron chi connectivity index (χ0n) is 14.6. The van der Waals surface area contributed by atoms with E-state index in [1.54, 1.807) is 26.0 Å². The molecule has 0 spiro atoms. The molecule has 1 aliphatic rings. The van der Waals surface area contributed by atoms with Gasteiger partial charge in [0.2, 0.25) is 10.0 Å². The van der Waals surface area contributed by atoms with E-state index < -0.39 is 34.0 Å². The first-order valence-corrected chi connectivity index (χ1v) is 9.70. The summed E-state index contributed by atoms with van der Waals surface area (Å²) in [4.78, 5) is 24.5. The van der Waals surface area contributed by atoms with Crippen LogP contribution in [0.25, 0.3) is 0 Å². The SMILES string of the molecule is CCOC(=O)[C@H]1CC[C@H](C(=O)OCC)N1S(=O)(=O)c1ccc(C)cc1. The molecule has 8 heteroatoms. The third-order valence-electron chi connectivity index (χ3n) is 4.04. The van der Waals surface area contributed by atoms with Crippen LogP contribution in [0.4, 0.5) is 0 Å². The predicted molar refractivity (Wildman–Crippen MR) is 90.3 cm³/mol. The quantitative estimate of drug-likeness (QED) is 0.708. The summed E-state index contributed by atoms with van der Waals surface area (Å²) in [5.41, 5.74) is 0.907. The highest BCUT2D eigenvalue weighted by atomic mass is 32.2. The first kappa shape index (κ1) is 19.4. The molecule has 1 aromatic rings. The Bertz CT molecular complexity index is 702. The second-order valence-corrected chi connectivity index (χ2v) is 7.60. The number of carbonyl (C=O) groups is 2. The van der Waals surface area contributed by atoms with E-state index in [-0.39, 0.29) is 31.0 Å². The maximum absolute atomic E-state index is 13.1. The Morgan fingerprint density at radius 1 is 1.00 bits per heavy atom. The Labute approximate surface area is 148 Å². The van der Waals surface area contributed by atoms with Crippen LogP contribution < -0.4 is 0 Å². The maximum Gasteiger partial charge on any atom is 0.324 e. The molecule has 2 rings (SSSR count). The molecule has 0 amide bonds. The highest BCUT2D eigenvalue weighted by molar-refractivity contribution is 7.89. The van der Waals surface area contributed by atoms with Gasteiger partial charge in [-0.05, 0) is 45.7 Å². The van der Waals surface area contributed by atoms with Crippen molar-refractivity contribution >= 4 is 22.0 Å². The van der Waals surface area contributed by atoms with Gasteiger partial charge < -0.3 is 9.47 Å². The van der Waals surface area contributed by atoms with Gasteiger partial charge in [0, 0.05) is 0 Å². The first-order valence-electron chi connectivity index (χ1n) is 8.26. The van der Waals surface area contributed by atoms with Crippen molar-refractivity contribution in [2.45, 2.75) is 50.6 Å². The highest BCUT2D eigenvalue weighted by Crippen LogP contribution is 2.32. The molecule has 0 aromatic heterocycles. The van der Waals surface area contributed by atoms with Gasteiger partial charge in [0.1, 0.15) is 12.1 Å². The van der Waals surface area contributed by atoms with Gasteiger partial charge in [-0.2, -0.15) is 4.31 Å². The fourth-order valence-electron chi connectivity index (χ4n) is 2.87. The Kier molecular flexibility index (Phi) is 6.18. The van der Waals surface area contributed by atoms with Crippen LogP contribution in [0, 0.1) is 6.92 Å². The van der Waals surface area contributed by atoms with E-state index in [0.717, 1.165) is 9.87 Å². The van der Waals surface area contributed by atoms with E-state index >= 15 is 0 Å². The fraction of sp³-hybridized carbons (Fsp3) is 0.529. The van der Waals surface area contributed by atoms with E-state index in [2.05, 4.69) is 0 Å². The molecule has 1 aromatic carbocycles. The smallest absolute Gasteiger partial charge is 0.324 e. The number of aryl methyl sites for hydroxylation is 1. The number of hydrogen-bond acceptors (Lipinski definition) is 6. The standard InChI is InChI=1S/C17H23NO6S/c1-4-23-16(19)14-10-11-15(17(20)24-5-2)18(14)25(21,22)13-8-6-12(3)7-9-13/h6-9,14-15H,4-5,10-11H2,1-3H3/t14-,15-/m1/s1. The third-order valence-corrected chi connectivity index (χ3v) is 5.97. The van der Waals surface area contributed by atoms with Crippen molar-refractivity contribution < 1.29 is 27.5 Å². The number of nitrogens with zero attached hydrogens (tertiary/aromatic N) is 1. The molecule has 0 unspecified atom stereocenters. The Morgan fingerprint density at radius 3 is 1.84 bits per heavy atom. The summed E-state index contributed by atoms with van der Waals surface area (Å²) < 4.78 is 37.1. The van der Waals surface area contributed by atoms with Crippen LogP contribution in [0.5, 0.6) is 0 Å². The van der Waals surface area contributed by atoms with E-state index in [1.807, 2.05) is 6.92 Å². The monoisotopic (exact) mass is 369 g/mol. The number of carbonyl (C=O) groups excluding carboxylic acids is 2. The summed E-state index contributed by atoms with van der Waals surface area (Å²) in [6.07, 6.45) is 0.431. The minimum atomic E-state index is -4.05. The van der Waals surface area contributed by atoms with Crippen LogP contribution in [0.15, 0.2) is 29.2 Å². The zero-order valence-corrected chi connectivity index (χ0v) is 15.4. The van der Waals surface area contributed by atoms with Crippen LogP contribution in [0.1, 0.15) is 32.3 Å². The van der Waals surface area contributed by atoms with E-state index in [0.29, 0.717) is 0 Å². The van der Waals surface area contributed by atoms with Crippen LogP contribution in [-0.4, -0.2) is 50.0 Å². The largest absolute Gasteiger partial charge is 0.465 e. The molecule has 1 aliphatic heterocycles. The number of sulfonamides is 1. The summed E-state index contributed by atoms with van der Waals surface area (Å²) in [5, 5.41) is 0. The molecule has 138 valence electrons. The summed E-state index contributed by atoms with van der Waals surface area (Å²) in [5.74, 6) is -1.30. The number of esters is 2. The summed E-state index contributed by atoms with van der Waals surface area (Å²) in [7, 11) is -4.05. The van der Waals surface area contributed by atoms with Gasteiger partial charge in [-0.25, -0.2) is 8.42 Å². The van der Waals surface area contributed by atoms with Crippen molar-refractivity contribution in [1.82, 2.24) is 4.31 Å². The Morgan fingerprint density at radius 2 is 1.44 bits per heavy atom. The van der Waals surface area contributed by atoms with E-state index in [1.165, 1.54) is 12.1 Å². The molecule has 7 nitrogen and oxygen atoms in total. The summed E-state index contributed by atoms with van der Waals surface area (Å²) in [6.45, 7) is 5.41. The maximum atomic E-state index is 13.1. The lowest BCUT2D eigenvalue weighted by Crippen LogP contribution is -2.48. The van der Waals surface area contributed by atoms with Crippen molar-refractivity contribution in [3.63, 3.8) is 0 Å². The molecule has 0 aliphatic carbocycles. The molecule has 1 fully saturated rings. The molecule has 25 heavy (non-hydrogen) atoms. The van der Waals surface area contributed by atoms with Crippen molar-refractivity contribution in [2.75, 3.05) is 13.2 Å². The van der Waals surface area contributed by atoms with Crippen molar-refractivity contribution in [1.29, 1.82) is 0 Å². The highest BCUT2D eigenvalue weighted by Gasteiger charge is 2.49. The van der Waals surface area contributed by atoms with Gasteiger partial charge in [0.05, 0.1) is 18.1 Å². The average Bonchev–Trinajstić information content (AvgIpc) is 3.02. The second-order valence-electron chi connectivity index (χ2n) is 5.76. The van der Waals surface area contributed by atoms with Gasteiger partial charge in [-0.3, -0.25) is 9.59 Å². The van der Waals surface area contributed by atoms with Gasteiger partial charge in [-0.15, -0.1) is 0 Å². The Hall–Kier alpha value is -1.93. The minimum Gasteiger partial charge on any atom is -0.465 e. The van der Waals surface area contributed by atoms with Crippen LogP contribution in [-0.2, 0) is 29.1 Å². The van der Waals surface area contributed by atoms with Crippen LogP contribution in [0.2, 0.25) is 0 Å². The first-order chi connectivity index (χ1) is 11.8. The lowest BCUT2D eigenvalue weighted by molar-refractivity contribution is -0.150. The molecular weight excluding hydrogens is 346 g/mol. The second kappa shape index (κ2) is 7.97. The van der Waals surface area contributed by atoms with Crippen LogP contribution in [0.3, 0.4) is 0 Å². The number of ether oxygens (including phenoxy) is 2. The van der Waals surface area contributed by atoms with Gasteiger partial charge in [-0.1, -0.05) is 17.7 Å². The fourth-order valence-corrected chi connectivity index (χ4v) is 4.65. The van der Waals surface area contributed by atoms with Crippen molar-refractivity contribution in [2.24, 2.45) is 0 Å². The van der Waals surface area contributed by atoms with Crippen LogP contribution >= 0.6 is 0 Å². The van der Waals surface area contributed by atoms with E-state index in [4.69, 9.17) is 9.47 Å². The normalized spacial score (nSPS) is 21.1. The summed E-state index contributed by atoms with van der Waals surface area (Å²) in [6, 6.07) is 4.21. The molecule has 2 atom stereocenters. The Balaban J connectivity index is 2.44. The molecule has 0 N–H and O–H groups in total. The van der Waals surface area contributed by atoms with Gasteiger partial charge in [0.25, 0.3) is 0 Å². The predicted octanol–water partition coefficient (Wildman–Crippen LogP) is 1.64. The van der Waals surface area contributed by atoms with Crippen molar-refractivity contribution in [3.8, 4) is 0 Å². The van der Waals surface area contributed by atoms with E-state index in [9.17, 15) is 18.0 Å². The number of hydrogen-bond donors (Lipinski definition) is 0. The summed E-state index contributed by atoms with van der Waals surface area (Å²) >= 11 is 0. The average molecular weight is 369 g/mol. The van der Waals surface area contributed by atoms with Gasteiger partial charge in [0.15, 0.2) is 0 Å². The molecule has 1 heterocycles. The minimum absolute atomic E-state index is 0.0311. The number of benzene rings is 1. The lowest BCUT2D eigenvalue weighted by atomic mass is 10.2. The topological polar surface area (TPSA) is 90.0 Å². The molecule has 1 saturated heterocycles. The molecule has 0 bridgehead atoms. The third kappa shape index (κ3) is 4.01. The van der Waals surface area contributed by atoms with Crippen molar-refractivity contribution in [3.05, 3.63) is 29.8 Å². The number of rotatable bonds is 6. The van der Waals surface area contributed by atoms with Gasteiger partial charge >= 0.3 is 11.9 Å². The molecular formula is C17H23NO6S. The molecule has 0 radical (unpaired) electrons. The molecule has 0 saturated carbocycles. The zero-order chi connectivity index (χ0) is 18.6. The lowest BCUT2D eigenvalue weighted by Gasteiger charge is -2.27.